The van der Waals surface area contributed by atoms with Crippen molar-refractivity contribution in [3.8, 4) is 0 Å². The lowest BCUT2D eigenvalue weighted by Crippen LogP contribution is -2.12. The first-order valence-corrected chi connectivity index (χ1v) is 8.76. The van der Waals surface area contributed by atoms with Crippen LogP contribution in [-0.4, -0.2) is 20.0 Å². The highest BCUT2D eigenvalue weighted by molar-refractivity contribution is 9.10. The smallest absolute Gasteiger partial charge is 0.263 e. The van der Waals surface area contributed by atoms with Gasteiger partial charge in [-0.2, -0.15) is 0 Å². The molecule has 1 aromatic carbocycles. The Bertz CT molecular complexity index is 759. The van der Waals surface area contributed by atoms with Crippen LogP contribution in [0.1, 0.15) is 5.69 Å². The van der Waals surface area contributed by atoms with E-state index in [2.05, 4.69) is 26.0 Å². The largest absolute Gasteiger partial charge is 0.352 e. The minimum atomic E-state index is -3.67. The van der Waals surface area contributed by atoms with Crippen molar-refractivity contribution in [2.24, 2.45) is 7.05 Å². The molecule has 0 spiro atoms. The summed E-state index contributed by atoms with van der Waals surface area (Å²) in [6.07, 6.45) is 1.57. The Morgan fingerprint density at radius 2 is 2.05 bits per heavy atom. The van der Waals surface area contributed by atoms with E-state index in [-0.39, 0.29) is 4.90 Å². The van der Waals surface area contributed by atoms with Gasteiger partial charge in [-0.3, -0.25) is 4.72 Å². The number of benzene rings is 1. The summed E-state index contributed by atoms with van der Waals surface area (Å²) in [7, 11) is -0.0566. The van der Waals surface area contributed by atoms with E-state index in [1.807, 2.05) is 0 Å². The molecule has 0 aliphatic heterocycles. The molecule has 2 aromatic rings. The zero-order valence-electron chi connectivity index (χ0n) is 11.5. The molecule has 0 fully saturated rings. The number of hydrogen-bond donors (Lipinski definition) is 2. The molecule has 0 amide bonds. The second-order valence-electron chi connectivity index (χ2n) is 4.54. The number of anilines is 1. The van der Waals surface area contributed by atoms with Crippen LogP contribution < -0.4 is 10.0 Å². The number of rotatable bonds is 5. The summed E-state index contributed by atoms with van der Waals surface area (Å²) in [6, 6.07) is 6.60. The molecule has 0 bridgehead atoms. The summed E-state index contributed by atoms with van der Waals surface area (Å²) in [6.45, 7) is 0.588. The molecule has 2 rings (SSSR count). The van der Waals surface area contributed by atoms with E-state index in [9.17, 15) is 8.42 Å². The minimum absolute atomic E-state index is 0.203. The van der Waals surface area contributed by atoms with Crippen LogP contribution in [0.3, 0.4) is 0 Å². The van der Waals surface area contributed by atoms with Crippen molar-refractivity contribution in [1.29, 1.82) is 0 Å². The number of nitrogens with zero attached hydrogens (tertiary/aromatic N) is 1. The molecule has 0 saturated heterocycles. The zero-order chi connectivity index (χ0) is 15.6. The van der Waals surface area contributed by atoms with Gasteiger partial charge in [0.25, 0.3) is 10.0 Å². The predicted molar refractivity (Wildman–Crippen MR) is 88.1 cm³/mol. The van der Waals surface area contributed by atoms with Gasteiger partial charge < -0.3 is 9.88 Å². The molecule has 21 heavy (non-hydrogen) atoms. The molecule has 0 aliphatic rings. The molecular formula is C13H15BrClN3O2S. The molecule has 1 heterocycles. The monoisotopic (exact) mass is 391 g/mol. The first-order chi connectivity index (χ1) is 9.83. The number of nitrogens with one attached hydrogen (secondary N) is 2. The van der Waals surface area contributed by atoms with Crippen LogP contribution in [-0.2, 0) is 23.6 Å². The fourth-order valence-electron chi connectivity index (χ4n) is 1.86. The highest BCUT2D eigenvalue weighted by Crippen LogP contribution is 2.28. The van der Waals surface area contributed by atoms with Gasteiger partial charge in [-0.05, 0) is 31.3 Å². The van der Waals surface area contributed by atoms with Gasteiger partial charge in [0.05, 0.1) is 10.7 Å². The van der Waals surface area contributed by atoms with Crippen molar-refractivity contribution < 1.29 is 8.42 Å². The topological polar surface area (TPSA) is 63.1 Å². The number of sulfonamides is 1. The fraction of sp³-hybridized carbons (Fsp3) is 0.231. The summed E-state index contributed by atoms with van der Waals surface area (Å²) >= 11 is 9.32. The Morgan fingerprint density at radius 1 is 1.33 bits per heavy atom. The van der Waals surface area contributed by atoms with E-state index in [0.717, 1.165) is 10.2 Å². The Balaban J connectivity index is 2.32. The van der Waals surface area contributed by atoms with Crippen molar-refractivity contribution in [2.75, 3.05) is 11.8 Å². The van der Waals surface area contributed by atoms with Gasteiger partial charge in [0.15, 0.2) is 0 Å². The molecule has 0 saturated carbocycles. The molecule has 0 radical (unpaired) electrons. The summed E-state index contributed by atoms with van der Waals surface area (Å²) in [5.74, 6) is 0. The normalized spacial score (nSPS) is 11.6. The highest BCUT2D eigenvalue weighted by Gasteiger charge is 2.18. The molecular weight excluding hydrogens is 378 g/mol. The van der Waals surface area contributed by atoms with Crippen LogP contribution in [0.15, 0.2) is 39.8 Å². The predicted octanol–water partition coefficient (Wildman–Crippen LogP) is 2.96. The number of hydrogen-bond acceptors (Lipinski definition) is 3. The quantitative estimate of drug-likeness (QED) is 0.822. The molecule has 2 N–H and O–H groups in total. The van der Waals surface area contributed by atoms with E-state index < -0.39 is 10.0 Å². The van der Waals surface area contributed by atoms with Crippen molar-refractivity contribution in [2.45, 2.75) is 11.4 Å². The maximum absolute atomic E-state index is 12.4. The summed E-state index contributed by atoms with van der Waals surface area (Å²) < 4.78 is 29.8. The van der Waals surface area contributed by atoms with Gasteiger partial charge in [0, 0.05) is 30.0 Å². The zero-order valence-corrected chi connectivity index (χ0v) is 14.7. The first-order valence-electron chi connectivity index (χ1n) is 6.11. The third-order valence-corrected chi connectivity index (χ3v) is 5.06. The molecule has 0 atom stereocenters. The molecule has 8 heteroatoms. The average Bonchev–Trinajstić information content (AvgIpc) is 2.76. The lowest BCUT2D eigenvalue weighted by Gasteiger charge is -2.08. The van der Waals surface area contributed by atoms with E-state index in [0.29, 0.717) is 17.3 Å². The molecule has 0 aliphatic carbocycles. The second-order valence-corrected chi connectivity index (χ2v) is 7.54. The molecule has 0 unspecified atom stereocenters. The number of halogens is 2. The maximum atomic E-state index is 12.4. The Hall–Kier alpha value is -1.02. The van der Waals surface area contributed by atoms with Gasteiger partial charge in [-0.15, -0.1) is 0 Å². The standard InChI is InChI=1S/C13H15BrClN3O2S/c1-16-7-10-6-11(8-18(10)2)21(19,20)17-13-4-3-9(14)5-12(13)15/h3-6,8,16-17H,7H2,1-2H3. The Kier molecular flexibility index (Phi) is 4.98. The molecule has 5 nitrogen and oxygen atoms in total. The van der Waals surface area contributed by atoms with Crippen LogP contribution in [0, 0.1) is 0 Å². The van der Waals surface area contributed by atoms with Crippen molar-refractivity contribution in [1.82, 2.24) is 9.88 Å². The van der Waals surface area contributed by atoms with Crippen LogP contribution >= 0.6 is 27.5 Å². The lowest BCUT2D eigenvalue weighted by atomic mass is 10.3. The SMILES string of the molecule is CNCc1cc(S(=O)(=O)Nc2ccc(Br)cc2Cl)cn1C. The van der Waals surface area contributed by atoms with Crippen molar-refractivity contribution in [3.63, 3.8) is 0 Å². The van der Waals surface area contributed by atoms with Gasteiger partial charge >= 0.3 is 0 Å². The van der Waals surface area contributed by atoms with Crippen LogP contribution in [0.25, 0.3) is 0 Å². The maximum Gasteiger partial charge on any atom is 0.263 e. The Morgan fingerprint density at radius 3 is 2.67 bits per heavy atom. The highest BCUT2D eigenvalue weighted by atomic mass is 79.9. The van der Waals surface area contributed by atoms with E-state index in [1.54, 1.807) is 49.1 Å². The van der Waals surface area contributed by atoms with Crippen LogP contribution in [0.2, 0.25) is 5.02 Å². The Labute approximate surface area is 137 Å². The molecule has 1 aromatic heterocycles. The summed E-state index contributed by atoms with van der Waals surface area (Å²) in [5, 5.41) is 3.32. The van der Waals surface area contributed by atoms with Gasteiger partial charge in [-0.25, -0.2) is 8.42 Å². The van der Waals surface area contributed by atoms with E-state index in [1.165, 1.54) is 0 Å². The lowest BCUT2D eigenvalue weighted by molar-refractivity contribution is 0.601. The molecule has 114 valence electrons. The van der Waals surface area contributed by atoms with Crippen LogP contribution in [0.5, 0.6) is 0 Å². The van der Waals surface area contributed by atoms with Gasteiger partial charge in [0.1, 0.15) is 4.90 Å². The summed E-state index contributed by atoms with van der Waals surface area (Å²) in [5.41, 5.74) is 1.22. The van der Waals surface area contributed by atoms with Crippen molar-refractivity contribution in [3.05, 3.63) is 45.7 Å². The van der Waals surface area contributed by atoms with Gasteiger partial charge in [0.2, 0.25) is 0 Å². The first kappa shape index (κ1) is 16.4. The van der Waals surface area contributed by atoms with Gasteiger partial charge in [-0.1, -0.05) is 27.5 Å². The number of aryl methyl sites for hydroxylation is 1. The van der Waals surface area contributed by atoms with Crippen LogP contribution in [0.4, 0.5) is 5.69 Å². The second kappa shape index (κ2) is 6.39. The summed E-state index contributed by atoms with van der Waals surface area (Å²) in [4.78, 5) is 0.203. The third kappa shape index (κ3) is 3.79. The minimum Gasteiger partial charge on any atom is -0.352 e. The van der Waals surface area contributed by atoms with E-state index in [4.69, 9.17) is 11.6 Å². The number of aromatic nitrogens is 1. The van der Waals surface area contributed by atoms with Crippen molar-refractivity contribution >= 4 is 43.2 Å². The average molecular weight is 393 g/mol. The van der Waals surface area contributed by atoms with E-state index >= 15 is 0 Å². The third-order valence-electron chi connectivity index (χ3n) is 2.93. The fourth-order valence-corrected chi connectivity index (χ4v) is 3.81.